The Morgan fingerprint density at radius 1 is 0.737 bits per heavy atom. The molecular weight excluding hydrogens is 232 g/mol. The molecule has 2 nitrogen and oxygen atoms in total. The van der Waals surface area contributed by atoms with Crippen LogP contribution in [0.2, 0.25) is 0 Å². The number of nitrogens with zero attached hydrogens (tertiary/aromatic N) is 2. The van der Waals surface area contributed by atoms with E-state index in [1.165, 1.54) is 52.1 Å². The van der Waals surface area contributed by atoms with Gasteiger partial charge in [0.25, 0.3) is 0 Å². The molecule has 0 aliphatic carbocycles. The Hall–Kier alpha value is -0.0800. The SMILES string of the molecule is CC(C)(C)CN1CCC2(CCN(CC(C)(C)C)C2)C1. The van der Waals surface area contributed by atoms with Crippen molar-refractivity contribution in [3.8, 4) is 0 Å². The van der Waals surface area contributed by atoms with Crippen molar-refractivity contribution >= 4 is 0 Å². The van der Waals surface area contributed by atoms with Crippen molar-refractivity contribution in [3.63, 3.8) is 0 Å². The van der Waals surface area contributed by atoms with E-state index in [-0.39, 0.29) is 0 Å². The zero-order chi connectivity index (χ0) is 14.3. The molecule has 2 aliphatic heterocycles. The summed E-state index contributed by atoms with van der Waals surface area (Å²) in [5.41, 5.74) is 1.50. The lowest BCUT2D eigenvalue weighted by molar-refractivity contribution is 0.179. The Balaban J connectivity index is 1.87. The van der Waals surface area contributed by atoms with Gasteiger partial charge in [-0.2, -0.15) is 0 Å². The van der Waals surface area contributed by atoms with Crippen LogP contribution in [0.1, 0.15) is 54.4 Å². The van der Waals surface area contributed by atoms with Crippen LogP contribution in [0, 0.1) is 16.2 Å². The van der Waals surface area contributed by atoms with Gasteiger partial charge in [-0.15, -0.1) is 0 Å². The monoisotopic (exact) mass is 266 g/mol. The van der Waals surface area contributed by atoms with Crippen LogP contribution < -0.4 is 0 Å². The van der Waals surface area contributed by atoms with Crippen LogP contribution in [0.3, 0.4) is 0 Å². The molecule has 0 aromatic carbocycles. The Bertz CT molecular complexity index is 276. The van der Waals surface area contributed by atoms with Gasteiger partial charge in [-0.3, -0.25) is 0 Å². The number of hydrogen-bond donors (Lipinski definition) is 0. The first kappa shape index (κ1) is 15.3. The van der Waals surface area contributed by atoms with Crippen LogP contribution in [0.15, 0.2) is 0 Å². The lowest BCUT2D eigenvalue weighted by atomic mass is 9.86. The molecule has 2 aliphatic rings. The highest BCUT2D eigenvalue weighted by Gasteiger charge is 2.44. The highest BCUT2D eigenvalue weighted by Crippen LogP contribution is 2.41. The van der Waals surface area contributed by atoms with E-state index < -0.39 is 0 Å². The largest absolute Gasteiger partial charge is 0.302 e. The first-order valence-electron chi connectivity index (χ1n) is 8.02. The summed E-state index contributed by atoms with van der Waals surface area (Å²) in [6.07, 6.45) is 2.84. The fraction of sp³-hybridized carbons (Fsp3) is 1.00. The third-order valence-electron chi connectivity index (χ3n) is 4.43. The van der Waals surface area contributed by atoms with Crippen LogP contribution in [0.4, 0.5) is 0 Å². The second-order valence-electron chi connectivity index (χ2n) is 9.54. The van der Waals surface area contributed by atoms with E-state index in [1.54, 1.807) is 0 Å². The first-order chi connectivity index (χ1) is 8.57. The van der Waals surface area contributed by atoms with Gasteiger partial charge in [0.05, 0.1) is 0 Å². The van der Waals surface area contributed by atoms with E-state index >= 15 is 0 Å². The highest BCUT2D eigenvalue weighted by molar-refractivity contribution is 4.98. The van der Waals surface area contributed by atoms with Crippen molar-refractivity contribution in [2.75, 3.05) is 39.3 Å². The molecule has 0 amide bonds. The molecule has 0 atom stereocenters. The van der Waals surface area contributed by atoms with Gasteiger partial charge >= 0.3 is 0 Å². The fourth-order valence-corrected chi connectivity index (χ4v) is 4.00. The summed E-state index contributed by atoms with van der Waals surface area (Å²) in [7, 11) is 0. The number of hydrogen-bond acceptors (Lipinski definition) is 2. The molecule has 2 rings (SSSR count). The topological polar surface area (TPSA) is 6.48 Å². The second kappa shape index (κ2) is 5.04. The van der Waals surface area contributed by atoms with Crippen molar-refractivity contribution in [3.05, 3.63) is 0 Å². The number of likely N-dealkylation sites (tertiary alicyclic amines) is 2. The normalized spacial score (nSPS) is 25.6. The highest BCUT2D eigenvalue weighted by atomic mass is 15.2. The standard InChI is InChI=1S/C17H34N2/c1-15(2,3)11-18-9-7-17(13-18)8-10-19(14-17)12-16(4,5)6/h7-14H2,1-6H3. The van der Waals surface area contributed by atoms with Crippen LogP contribution in [0.25, 0.3) is 0 Å². The van der Waals surface area contributed by atoms with Gasteiger partial charge < -0.3 is 9.80 Å². The Morgan fingerprint density at radius 3 is 1.42 bits per heavy atom. The molecule has 0 aromatic heterocycles. The van der Waals surface area contributed by atoms with Gasteiger partial charge in [0, 0.05) is 26.2 Å². The molecule has 1 spiro atoms. The zero-order valence-electron chi connectivity index (χ0n) is 14.1. The molecule has 0 aromatic rings. The summed E-state index contributed by atoms with van der Waals surface area (Å²) >= 11 is 0. The zero-order valence-corrected chi connectivity index (χ0v) is 14.1. The summed E-state index contributed by atoms with van der Waals surface area (Å²) in [5, 5.41) is 0. The molecular formula is C17H34N2. The first-order valence-corrected chi connectivity index (χ1v) is 8.02. The van der Waals surface area contributed by atoms with E-state index in [2.05, 4.69) is 51.3 Å². The molecule has 0 radical (unpaired) electrons. The van der Waals surface area contributed by atoms with Gasteiger partial charge in [-0.25, -0.2) is 0 Å². The van der Waals surface area contributed by atoms with Gasteiger partial charge in [0.1, 0.15) is 0 Å². The van der Waals surface area contributed by atoms with Gasteiger partial charge in [-0.1, -0.05) is 41.5 Å². The Morgan fingerprint density at radius 2 is 1.11 bits per heavy atom. The van der Waals surface area contributed by atoms with E-state index in [1.807, 2.05) is 0 Å². The van der Waals surface area contributed by atoms with Crippen LogP contribution in [0.5, 0.6) is 0 Å². The smallest absolute Gasteiger partial charge is 0.00514 e. The predicted molar refractivity (Wildman–Crippen MR) is 83.5 cm³/mol. The van der Waals surface area contributed by atoms with Crippen molar-refractivity contribution in [1.82, 2.24) is 9.80 Å². The summed E-state index contributed by atoms with van der Waals surface area (Å²) < 4.78 is 0. The lowest BCUT2D eigenvalue weighted by Gasteiger charge is -2.30. The maximum atomic E-state index is 2.71. The fourth-order valence-electron chi connectivity index (χ4n) is 4.00. The van der Waals surface area contributed by atoms with Crippen molar-refractivity contribution in [2.45, 2.75) is 54.4 Å². The van der Waals surface area contributed by atoms with Crippen LogP contribution >= 0.6 is 0 Å². The minimum atomic E-state index is 0.440. The maximum Gasteiger partial charge on any atom is 0.00514 e. The second-order valence-corrected chi connectivity index (χ2v) is 9.54. The van der Waals surface area contributed by atoms with Crippen LogP contribution in [-0.4, -0.2) is 49.1 Å². The van der Waals surface area contributed by atoms with Gasteiger partial charge in [0.2, 0.25) is 0 Å². The molecule has 2 saturated heterocycles. The summed E-state index contributed by atoms with van der Waals surface area (Å²) in [4.78, 5) is 5.42. The van der Waals surface area contributed by atoms with E-state index in [0.717, 1.165) is 0 Å². The average Bonchev–Trinajstić information content (AvgIpc) is 2.70. The lowest BCUT2D eigenvalue weighted by Crippen LogP contribution is -2.36. The molecule has 0 unspecified atom stereocenters. The summed E-state index contributed by atoms with van der Waals surface area (Å²) in [6.45, 7) is 22.0. The number of rotatable bonds is 2. The average molecular weight is 266 g/mol. The minimum Gasteiger partial charge on any atom is -0.302 e. The molecule has 2 heteroatoms. The van der Waals surface area contributed by atoms with E-state index in [4.69, 9.17) is 0 Å². The predicted octanol–water partition coefficient (Wildman–Crippen LogP) is 3.48. The van der Waals surface area contributed by atoms with Crippen molar-refractivity contribution in [1.29, 1.82) is 0 Å². The van der Waals surface area contributed by atoms with Crippen molar-refractivity contribution < 1.29 is 0 Å². The minimum absolute atomic E-state index is 0.440. The molecule has 0 N–H and O–H groups in total. The third kappa shape index (κ3) is 4.46. The maximum absolute atomic E-state index is 2.71. The third-order valence-corrected chi connectivity index (χ3v) is 4.43. The van der Waals surface area contributed by atoms with E-state index in [9.17, 15) is 0 Å². The molecule has 19 heavy (non-hydrogen) atoms. The van der Waals surface area contributed by atoms with E-state index in [0.29, 0.717) is 16.2 Å². The molecule has 0 saturated carbocycles. The quantitative estimate of drug-likeness (QED) is 0.755. The Labute approximate surface area is 120 Å². The molecule has 2 fully saturated rings. The van der Waals surface area contributed by atoms with Gasteiger partial charge in [-0.05, 0) is 42.2 Å². The molecule has 112 valence electrons. The molecule has 2 heterocycles. The molecule has 0 bridgehead atoms. The summed E-state index contributed by atoms with van der Waals surface area (Å²) in [6, 6.07) is 0. The summed E-state index contributed by atoms with van der Waals surface area (Å²) in [5.74, 6) is 0. The van der Waals surface area contributed by atoms with Crippen LogP contribution in [-0.2, 0) is 0 Å². The van der Waals surface area contributed by atoms with Gasteiger partial charge in [0.15, 0.2) is 0 Å². The van der Waals surface area contributed by atoms with Crippen molar-refractivity contribution in [2.24, 2.45) is 16.2 Å². The Kier molecular flexibility index (Phi) is 4.06.